The molecule has 0 radical (unpaired) electrons. The van der Waals surface area contributed by atoms with Crippen LogP contribution in [0.25, 0.3) is 0 Å². The van der Waals surface area contributed by atoms with Gasteiger partial charge in [0.1, 0.15) is 23.3 Å². The van der Waals surface area contributed by atoms with Crippen molar-refractivity contribution in [2.75, 3.05) is 22.5 Å². The topological polar surface area (TPSA) is 78.9 Å². The van der Waals surface area contributed by atoms with E-state index in [0.29, 0.717) is 22.9 Å². The minimum atomic E-state index is -0.399. The number of hydrogen-bond donors (Lipinski definition) is 3. The first-order valence-electron chi connectivity index (χ1n) is 8.98. The molecule has 28 heavy (non-hydrogen) atoms. The number of nitrogens with zero attached hydrogens (tertiary/aromatic N) is 2. The van der Waals surface area contributed by atoms with Gasteiger partial charge in [0.05, 0.1) is 0 Å². The molecule has 1 heterocycles. The van der Waals surface area contributed by atoms with Gasteiger partial charge in [-0.05, 0) is 62.7 Å². The van der Waals surface area contributed by atoms with E-state index in [-0.39, 0.29) is 11.5 Å². The summed E-state index contributed by atoms with van der Waals surface area (Å²) in [5.74, 6) is 1.34. The minimum Gasteiger partial charge on any atom is -0.370 e. The van der Waals surface area contributed by atoms with Crippen LogP contribution < -0.4 is 16.0 Å². The van der Waals surface area contributed by atoms with Crippen molar-refractivity contribution in [3.8, 4) is 0 Å². The largest absolute Gasteiger partial charge is 0.370 e. The van der Waals surface area contributed by atoms with Crippen molar-refractivity contribution in [3.05, 3.63) is 71.3 Å². The molecule has 0 spiro atoms. The average Bonchev–Trinajstić information content (AvgIpc) is 2.65. The number of amides is 1. The summed E-state index contributed by atoms with van der Waals surface area (Å²) in [7, 11) is 0. The molecular weight excluding hydrogens is 357 g/mol. The van der Waals surface area contributed by atoms with Crippen molar-refractivity contribution in [2.45, 2.75) is 20.8 Å². The number of nitrogens with one attached hydrogen (secondary N) is 3. The third kappa shape index (κ3) is 4.82. The lowest BCUT2D eigenvalue weighted by atomic mass is 10.1. The van der Waals surface area contributed by atoms with Gasteiger partial charge in [-0.15, -0.1) is 0 Å². The van der Waals surface area contributed by atoms with Gasteiger partial charge in [-0.3, -0.25) is 4.79 Å². The van der Waals surface area contributed by atoms with E-state index < -0.39 is 5.82 Å². The number of rotatable bonds is 6. The van der Waals surface area contributed by atoms with E-state index >= 15 is 0 Å². The molecule has 0 saturated carbocycles. The third-order valence-electron chi connectivity index (χ3n) is 4.05. The van der Waals surface area contributed by atoms with Gasteiger partial charge in [-0.2, -0.15) is 0 Å². The summed E-state index contributed by atoms with van der Waals surface area (Å²) in [5, 5.41) is 9.14. The second-order valence-electron chi connectivity index (χ2n) is 6.34. The number of halogens is 1. The fraction of sp³-hybridized carbons (Fsp3) is 0.190. The van der Waals surface area contributed by atoms with Gasteiger partial charge < -0.3 is 16.0 Å². The van der Waals surface area contributed by atoms with Gasteiger partial charge in [0.15, 0.2) is 0 Å². The lowest BCUT2D eigenvalue weighted by Gasteiger charge is -2.10. The molecule has 3 N–H and O–H groups in total. The second kappa shape index (κ2) is 8.47. The Labute approximate surface area is 163 Å². The smallest absolute Gasteiger partial charge is 0.255 e. The Hall–Kier alpha value is -3.48. The zero-order valence-corrected chi connectivity index (χ0v) is 16.0. The maximum absolute atomic E-state index is 13.6. The molecule has 0 bridgehead atoms. The van der Waals surface area contributed by atoms with Crippen LogP contribution in [0.1, 0.15) is 28.7 Å². The summed E-state index contributed by atoms with van der Waals surface area (Å²) in [5.41, 5.74) is 2.21. The number of aryl methyl sites for hydroxylation is 2. The lowest BCUT2D eigenvalue weighted by Crippen LogP contribution is -2.12. The van der Waals surface area contributed by atoms with Crippen molar-refractivity contribution >= 4 is 28.9 Å². The van der Waals surface area contributed by atoms with E-state index in [9.17, 15) is 9.18 Å². The first kappa shape index (κ1) is 19.3. The highest BCUT2D eigenvalue weighted by Crippen LogP contribution is 2.20. The molecule has 1 aromatic heterocycles. The first-order chi connectivity index (χ1) is 13.4. The average molecular weight is 379 g/mol. The fourth-order valence-corrected chi connectivity index (χ4v) is 2.63. The van der Waals surface area contributed by atoms with E-state index in [2.05, 4.69) is 25.9 Å². The summed E-state index contributed by atoms with van der Waals surface area (Å²) in [6, 6.07) is 13.4. The van der Waals surface area contributed by atoms with Crippen LogP contribution in [0.3, 0.4) is 0 Å². The Kier molecular flexibility index (Phi) is 5.84. The number of anilines is 4. The Bertz CT molecular complexity index is 989. The van der Waals surface area contributed by atoms with Crippen molar-refractivity contribution < 1.29 is 9.18 Å². The molecule has 3 aromatic rings. The molecule has 1 amide bonds. The molecule has 0 fully saturated rings. The predicted octanol–water partition coefficient (Wildman–Crippen LogP) is 4.66. The van der Waals surface area contributed by atoms with Crippen molar-refractivity contribution in [2.24, 2.45) is 0 Å². The van der Waals surface area contributed by atoms with Gasteiger partial charge in [0.25, 0.3) is 5.91 Å². The molecule has 7 heteroatoms. The molecule has 0 aliphatic carbocycles. The standard InChI is InChI=1S/C21H22FN5O/c1-4-23-19-12-20(25-14(3)24-19)26-16-7-9-17(10-8-16)27-21(28)15-6-5-13(2)18(22)11-15/h5-12H,4H2,1-3H3,(H,27,28)(H2,23,24,25,26). The zero-order valence-electron chi connectivity index (χ0n) is 16.0. The van der Waals surface area contributed by atoms with Gasteiger partial charge in [0, 0.05) is 29.5 Å². The molecule has 0 saturated heterocycles. The van der Waals surface area contributed by atoms with Gasteiger partial charge >= 0.3 is 0 Å². The van der Waals surface area contributed by atoms with Crippen LogP contribution in [-0.2, 0) is 0 Å². The Morgan fingerprint density at radius 2 is 1.64 bits per heavy atom. The normalized spacial score (nSPS) is 10.4. The summed E-state index contributed by atoms with van der Waals surface area (Å²) in [4.78, 5) is 21.0. The minimum absolute atomic E-state index is 0.276. The van der Waals surface area contributed by atoms with Crippen LogP contribution >= 0.6 is 0 Å². The molecule has 0 atom stereocenters. The molecule has 0 aliphatic rings. The van der Waals surface area contributed by atoms with E-state index in [4.69, 9.17) is 0 Å². The third-order valence-corrected chi connectivity index (χ3v) is 4.05. The highest BCUT2D eigenvalue weighted by Gasteiger charge is 2.09. The summed E-state index contributed by atoms with van der Waals surface area (Å²) >= 11 is 0. The fourth-order valence-electron chi connectivity index (χ4n) is 2.63. The van der Waals surface area contributed by atoms with Crippen LogP contribution in [-0.4, -0.2) is 22.4 Å². The van der Waals surface area contributed by atoms with Crippen LogP contribution in [0, 0.1) is 19.7 Å². The molecule has 2 aromatic carbocycles. The predicted molar refractivity (Wildman–Crippen MR) is 110 cm³/mol. The van der Waals surface area contributed by atoms with Gasteiger partial charge in [0.2, 0.25) is 0 Å². The van der Waals surface area contributed by atoms with Crippen molar-refractivity contribution in [1.82, 2.24) is 9.97 Å². The highest BCUT2D eigenvalue weighted by atomic mass is 19.1. The van der Waals surface area contributed by atoms with Crippen LogP contribution in [0.5, 0.6) is 0 Å². The van der Waals surface area contributed by atoms with Crippen LogP contribution in [0.15, 0.2) is 48.5 Å². The van der Waals surface area contributed by atoms with Crippen LogP contribution in [0.2, 0.25) is 0 Å². The van der Waals surface area contributed by atoms with E-state index in [1.54, 1.807) is 31.2 Å². The van der Waals surface area contributed by atoms with E-state index in [1.807, 2.05) is 32.0 Å². The highest BCUT2D eigenvalue weighted by molar-refractivity contribution is 6.04. The lowest BCUT2D eigenvalue weighted by molar-refractivity contribution is 0.102. The number of benzene rings is 2. The Balaban J connectivity index is 1.68. The Morgan fingerprint density at radius 1 is 0.964 bits per heavy atom. The number of carbonyl (C=O) groups excluding carboxylic acids is 1. The maximum atomic E-state index is 13.6. The van der Waals surface area contributed by atoms with Gasteiger partial charge in [-0.1, -0.05) is 6.07 Å². The molecule has 0 aliphatic heterocycles. The quantitative estimate of drug-likeness (QED) is 0.580. The van der Waals surface area contributed by atoms with Crippen LogP contribution in [0.4, 0.5) is 27.4 Å². The SMILES string of the molecule is CCNc1cc(Nc2ccc(NC(=O)c3ccc(C)c(F)c3)cc2)nc(C)n1. The zero-order chi connectivity index (χ0) is 20.1. The van der Waals surface area contributed by atoms with Crippen molar-refractivity contribution in [3.63, 3.8) is 0 Å². The molecular formula is C21H22FN5O. The van der Waals surface area contributed by atoms with Crippen molar-refractivity contribution in [1.29, 1.82) is 0 Å². The van der Waals surface area contributed by atoms with E-state index in [1.165, 1.54) is 6.07 Å². The first-order valence-corrected chi connectivity index (χ1v) is 8.98. The van der Waals surface area contributed by atoms with Gasteiger partial charge in [-0.25, -0.2) is 14.4 Å². The summed E-state index contributed by atoms with van der Waals surface area (Å²) in [6.07, 6.45) is 0. The number of carbonyl (C=O) groups is 1. The Morgan fingerprint density at radius 3 is 2.32 bits per heavy atom. The molecule has 144 valence electrons. The summed E-state index contributed by atoms with van der Waals surface area (Å²) < 4.78 is 13.6. The molecule has 3 rings (SSSR count). The second-order valence-corrected chi connectivity index (χ2v) is 6.34. The molecule has 6 nitrogen and oxygen atoms in total. The molecule has 0 unspecified atom stereocenters. The number of hydrogen-bond acceptors (Lipinski definition) is 5. The van der Waals surface area contributed by atoms with E-state index in [0.717, 1.165) is 18.1 Å². The summed E-state index contributed by atoms with van der Waals surface area (Å²) in [6.45, 7) is 6.26. The maximum Gasteiger partial charge on any atom is 0.255 e. The number of aromatic nitrogens is 2. The monoisotopic (exact) mass is 379 g/mol.